The van der Waals surface area contributed by atoms with E-state index in [9.17, 15) is 5.11 Å². The molecule has 0 heterocycles. The zero-order valence-electron chi connectivity index (χ0n) is 11.3. The van der Waals surface area contributed by atoms with E-state index in [-0.39, 0.29) is 6.10 Å². The molecular weight excluding hydrogens is 212 g/mol. The molecule has 0 aromatic heterocycles. The fraction of sp³-hybridized carbons (Fsp3) is 0.571. The summed E-state index contributed by atoms with van der Waals surface area (Å²) in [6.07, 6.45) is -0.338. The number of nitrogens with zero attached hydrogens (tertiary/aromatic N) is 1. The first-order chi connectivity index (χ1) is 7.99. The summed E-state index contributed by atoms with van der Waals surface area (Å²) in [4.78, 5) is 1.98. The number of nitrogens with one attached hydrogen (secondary N) is 1. The van der Waals surface area contributed by atoms with Gasteiger partial charge in [0.15, 0.2) is 0 Å². The van der Waals surface area contributed by atoms with Gasteiger partial charge < -0.3 is 15.3 Å². The number of aliphatic hydroxyl groups is 1. The Bertz CT molecular complexity index is 319. The fourth-order valence-corrected chi connectivity index (χ4v) is 1.71. The highest BCUT2D eigenvalue weighted by Gasteiger charge is 2.05. The van der Waals surface area contributed by atoms with E-state index in [1.807, 2.05) is 19.0 Å². The van der Waals surface area contributed by atoms with Gasteiger partial charge in [0.05, 0.1) is 6.10 Å². The van der Waals surface area contributed by atoms with Gasteiger partial charge in [-0.05, 0) is 37.7 Å². The topological polar surface area (TPSA) is 35.5 Å². The van der Waals surface area contributed by atoms with Crippen LogP contribution in [0.4, 0.5) is 5.69 Å². The Hall–Kier alpha value is -1.06. The second-order valence-electron chi connectivity index (χ2n) is 5.07. The number of hydrogen-bond donors (Lipinski definition) is 2. The van der Waals surface area contributed by atoms with Gasteiger partial charge in [0, 0.05) is 18.8 Å². The molecular formula is C14H24N2O. The largest absolute Gasteiger partial charge is 0.390 e. The van der Waals surface area contributed by atoms with Crippen LogP contribution in [-0.4, -0.2) is 43.3 Å². The average Bonchev–Trinajstić information content (AvgIpc) is 2.26. The maximum Gasteiger partial charge on any atom is 0.0838 e. The van der Waals surface area contributed by atoms with Gasteiger partial charge in [0.25, 0.3) is 0 Å². The van der Waals surface area contributed by atoms with E-state index in [1.54, 1.807) is 0 Å². The van der Waals surface area contributed by atoms with Crippen molar-refractivity contribution in [1.29, 1.82) is 0 Å². The molecule has 1 unspecified atom stereocenters. The fourth-order valence-electron chi connectivity index (χ4n) is 1.71. The maximum atomic E-state index is 9.72. The highest BCUT2D eigenvalue weighted by Crippen LogP contribution is 2.16. The van der Waals surface area contributed by atoms with Crippen LogP contribution in [0.3, 0.4) is 0 Å². The molecule has 1 aromatic rings. The number of rotatable bonds is 6. The molecule has 1 atom stereocenters. The lowest BCUT2D eigenvalue weighted by atomic mass is 10.0. The normalized spacial score (nSPS) is 13.1. The zero-order valence-corrected chi connectivity index (χ0v) is 11.3. The van der Waals surface area contributed by atoms with E-state index in [2.05, 4.69) is 43.4 Å². The van der Waals surface area contributed by atoms with Crippen molar-refractivity contribution in [2.45, 2.75) is 25.9 Å². The van der Waals surface area contributed by atoms with Crippen molar-refractivity contribution in [1.82, 2.24) is 4.90 Å². The molecule has 0 amide bonds. The number of hydrogen-bond acceptors (Lipinski definition) is 3. The van der Waals surface area contributed by atoms with E-state index < -0.39 is 0 Å². The summed E-state index contributed by atoms with van der Waals surface area (Å²) >= 11 is 0. The second kappa shape index (κ2) is 6.62. The minimum Gasteiger partial charge on any atom is -0.390 e. The smallest absolute Gasteiger partial charge is 0.0838 e. The Labute approximate surface area is 104 Å². The van der Waals surface area contributed by atoms with Gasteiger partial charge in [-0.3, -0.25) is 0 Å². The van der Waals surface area contributed by atoms with E-state index in [4.69, 9.17) is 0 Å². The predicted octanol–water partition coefficient (Wildman–Crippen LogP) is 2.14. The molecule has 0 saturated carbocycles. The van der Waals surface area contributed by atoms with Crippen molar-refractivity contribution < 1.29 is 5.11 Å². The third-order valence-electron chi connectivity index (χ3n) is 2.70. The van der Waals surface area contributed by atoms with Crippen LogP contribution in [0.2, 0.25) is 0 Å². The molecule has 1 aromatic carbocycles. The molecule has 0 bridgehead atoms. The van der Waals surface area contributed by atoms with E-state index in [1.165, 1.54) is 5.56 Å². The van der Waals surface area contributed by atoms with Crippen molar-refractivity contribution in [2.75, 3.05) is 32.5 Å². The summed E-state index contributed by atoms with van der Waals surface area (Å²) in [5.74, 6) is 0.559. The Kier molecular flexibility index (Phi) is 5.45. The van der Waals surface area contributed by atoms with Gasteiger partial charge in [0.1, 0.15) is 0 Å². The van der Waals surface area contributed by atoms with Gasteiger partial charge >= 0.3 is 0 Å². The maximum absolute atomic E-state index is 9.72. The molecule has 0 fully saturated rings. The van der Waals surface area contributed by atoms with Crippen LogP contribution in [0.1, 0.15) is 25.3 Å². The molecule has 0 radical (unpaired) electrons. The van der Waals surface area contributed by atoms with Crippen molar-refractivity contribution in [2.24, 2.45) is 0 Å². The minimum absolute atomic E-state index is 0.338. The summed E-state index contributed by atoms with van der Waals surface area (Å²) < 4.78 is 0. The van der Waals surface area contributed by atoms with Crippen LogP contribution in [0, 0.1) is 0 Å². The summed E-state index contributed by atoms with van der Waals surface area (Å²) in [5.41, 5.74) is 2.40. The minimum atomic E-state index is -0.338. The quantitative estimate of drug-likeness (QED) is 0.794. The van der Waals surface area contributed by atoms with Gasteiger partial charge in [-0.25, -0.2) is 0 Å². The monoisotopic (exact) mass is 236 g/mol. The van der Waals surface area contributed by atoms with Crippen molar-refractivity contribution in [3.8, 4) is 0 Å². The van der Waals surface area contributed by atoms with E-state index in [0.717, 1.165) is 5.69 Å². The summed E-state index contributed by atoms with van der Waals surface area (Å²) in [6, 6.07) is 8.39. The molecule has 3 heteroatoms. The van der Waals surface area contributed by atoms with Crippen LogP contribution >= 0.6 is 0 Å². The lowest BCUT2D eigenvalue weighted by Crippen LogP contribution is -2.31. The molecule has 0 spiro atoms. The molecule has 0 aliphatic carbocycles. The molecule has 1 rings (SSSR count). The Morgan fingerprint density at radius 2 is 1.76 bits per heavy atom. The highest BCUT2D eigenvalue weighted by atomic mass is 16.3. The van der Waals surface area contributed by atoms with Crippen LogP contribution in [-0.2, 0) is 0 Å². The second-order valence-corrected chi connectivity index (χ2v) is 5.07. The Morgan fingerprint density at radius 1 is 1.18 bits per heavy atom. The lowest BCUT2D eigenvalue weighted by molar-refractivity contribution is 0.148. The van der Waals surface area contributed by atoms with Gasteiger partial charge in [0.2, 0.25) is 0 Å². The van der Waals surface area contributed by atoms with Crippen molar-refractivity contribution in [3.63, 3.8) is 0 Å². The number of likely N-dealkylation sites (N-methyl/N-ethyl adjacent to an activating group) is 1. The molecule has 2 N–H and O–H groups in total. The third-order valence-corrected chi connectivity index (χ3v) is 2.70. The number of benzene rings is 1. The average molecular weight is 236 g/mol. The predicted molar refractivity (Wildman–Crippen MR) is 73.6 cm³/mol. The Morgan fingerprint density at radius 3 is 2.24 bits per heavy atom. The van der Waals surface area contributed by atoms with Crippen molar-refractivity contribution >= 4 is 5.69 Å². The Balaban J connectivity index is 2.42. The molecule has 0 saturated heterocycles. The molecule has 96 valence electrons. The zero-order chi connectivity index (χ0) is 12.8. The number of anilines is 1. The first kappa shape index (κ1) is 14.0. The summed E-state index contributed by atoms with van der Waals surface area (Å²) in [7, 11) is 3.92. The highest BCUT2D eigenvalue weighted by molar-refractivity contribution is 5.45. The van der Waals surface area contributed by atoms with Gasteiger partial charge in [-0.15, -0.1) is 0 Å². The van der Waals surface area contributed by atoms with Crippen molar-refractivity contribution in [3.05, 3.63) is 29.8 Å². The third kappa shape index (κ3) is 5.20. The summed E-state index contributed by atoms with van der Waals surface area (Å²) in [5, 5.41) is 13.0. The van der Waals surface area contributed by atoms with Gasteiger partial charge in [-0.2, -0.15) is 0 Å². The SMILES string of the molecule is CC(C)c1ccc(NCC(O)CN(C)C)cc1. The molecule has 17 heavy (non-hydrogen) atoms. The van der Waals surface area contributed by atoms with E-state index in [0.29, 0.717) is 19.0 Å². The standard InChI is InChI=1S/C14H24N2O/c1-11(2)12-5-7-13(8-6-12)15-9-14(17)10-16(3)4/h5-8,11,14-15,17H,9-10H2,1-4H3. The van der Waals surface area contributed by atoms with Crippen LogP contribution < -0.4 is 5.32 Å². The number of aliphatic hydroxyl groups excluding tert-OH is 1. The lowest BCUT2D eigenvalue weighted by Gasteiger charge is -2.17. The van der Waals surface area contributed by atoms with E-state index >= 15 is 0 Å². The first-order valence-corrected chi connectivity index (χ1v) is 6.15. The molecule has 3 nitrogen and oxygen atoms in total. The van der Waals surface area contributed by atoms with Crippen LogP contribution in [0.15, 0.2) is 24.3 Å². The first-order valence-electron chi connectivity index (χ1n) is 6.15. The van der Waals surface area contributed by atoms with Crippen LogP contribution in [0.5, 0.6) is 0 Å². The molecule has 0 aliphatic rings. The van der Waals surface area contributed by atoms with Crippen LogP contribution in [0.25, 0.3) is 0 Å². The summed E-state index contributed by atoms with van der Waals surface area (Å²) in [6.45, 7) is 5.63. The molecule has 0 aliphatic heterocycles. The van der Waals surface area contributed by atoms with Gasteiger partial charge in [-0.1, -0.05) is 26.0 Å².